The molecule has 0 radical (unpaired) electrons. The first kappa shape index (κ1) is 14.5. The SMILES string of the molecule is CC.CCNCCCCC(C)C.[HH]. The van der Waals surface area contributed by atoms with Crippen LogP contribution in [0.2, 0.25) is 0 Å². The lowest BCUT2D eigenvalue weighted by atomic mass is 10.1. The van der Waals surface area contributed by atoms with Gasteiger partial charge in [-0.15, -0.1) is 0 Å². The fourth-order valence-corrected chi connectivity index (χ4v) is 0.979. The maximum Gasteiger partial charge on any atom is 0 e. The summed E-state index contributed by atoms with van der Waals surface area (Å²) in [6.45, 7) is 13.0. The summed E-state index contributed by atoms with van der Waals surface area (Å²) in [6, 6.07) is 0. The highest BCUT2D eigenvalue weighted by atomic mass is 14.8. The molecule has 0 rings (SSSR count). The van der Waals surface area contributed by atoms with Crippen LogP contribution in [-0.2, 0) is 0 Å². The molecule has 78 valence electrons. The molecule has 0 aliphatic rings. The first-order valence-electron chi connectivity index (χ1n) is 5.48. The standard InChI is InChI=1S/C9H21N.C2H6.H2/c1-4-10-8-6-5-7-9(2)3;1-2;/h9-10H,4-8H2,1-3H3;1-2H3;1H. The third-order valence-electron chi connectivity index (χ3n) is 1.64. The second kappa shape index (κ2) is 13.5. The maximum absolute atomic E-state index is 3.32. The molecule has 0 aliphatic heterocycles. The number of unbranched alkanes of at least 4 members (excludes halogenated alkanes) is 1. The quantitative estimate of drug-likeness (QED) is 0.607. The number of hydrogen-bond donors (Lipinski definition) is 1. The van der Waals surface area contributed by atoms with Crippen LogP contribution >= 0.6 is 0 Å². The van der Waals surface area contributed by atoms with Crippen molar-refractivity contribution in [3.63, 3.8) is 0 Å². The molecule has 12 heavy (non-hydrogen) atoms. The van der Waals surface area contributed by atoms with Crippen LogP contribution in [0.25, 0.3) is 0 Å². The number of hydrogen-bond acceptors (Lipinski definition) is 1. The second-order valence-electron chi connectivity index (χ2n) is 3.24. The van der Waals surface area contributed by atoms with E-state index in [1.807, 2.05) is 13.8 Å². The van der Waals surface area contributed by atoms with Gasteiger partial charge in [0.05, 0.1) is 0 Å². The highest BCUT2D eigenvalue weighted by molar-refractivity contribution is 4.48. The van der Waals surface area contributed by atoms with Crippen molar-refractivity contribution in [2.24, 2.45) is 5.92 Å². The van der Waals surface area contributed by atoms with Gasteiger partial charge in [-0.1, -0.05) is 47.5 Å². The molecule has 0 amide bonds. The Labute approximate surface area is 80.4 Å². The van der Waals surface area contributed by atoms with Crippen LogP contribution in [0.15, 0.2) is 0 Å². The normalized spacial score (nSPS) is 9.50. The lowest BCUT2D eigenvalue weighted by molar-refractivity contribution is 0.524. The molecule has 1 N–H and O–H groups in total. The third kappa shape index (κ3) is 16.5. The minimum atomic E-state index is 0. The summed E-state index contributed by atoms with van der Waals surface area (Å²) in [5.41, 5.74) is 0. The van der Waals surface area contributed by atoms with E-state index in [0.717, 1.165) is 12.5 Å². The molecule has 0 aromatic heterocycles. The Morgan fingerprint density at radius 3 is 2.17 bits per heavy atom. The van der Waals surface area contributed by atoms with Crippen LogP contribution in [0.5, 0.6) is 0 Å². The van der Waals surface area contributed by atoms with E-state index >= 15 is 0 Å². The molecular formula is C11H29N. The van der Waals surface area contributed by atoms with E-state index in [0.29, 0.717) is 0 Å². The van der Waals surface area contributed by atoms with Crippen LogP contribution in [0.3, 0.4) is 0 Å². The average molecular weight is 175 g/mol. The minimum absolute atomic E-state index is 0. The Morgan fingerprint density at radius 1 is 1.17 bits per heavy atom. The van der Waals surface area contributed by atoms with Gasteiger partial charge in [-0.3, -0.25) is 0 Å². The van der Waals surface area contributed by atoms with Crippen molar-refractivity contribution in [3.8, 4) is 0 Å². The maximum atomic E-state index is 3.32. The van der Waals surface area contributed by atoms with Crippen LogP contribution in [0.4, 0.5) is 0 Å². The summed E-state index contributed by atoms with van der Waals surface area (Å²) in [6.07, 6.45) is 4.10. The molecule has 0 unspecified atom stereocenters. The van der Waals surface area contributed by atoms with Crippen molar-refractivity contribution in [1.29, 1.82) is 0 Å². The van der Waals surface area contributed by atoms with Crippen molar-refractivity contribution < 1.29 is 1.43 Å². The fraction of sp³-hybridized carbons (Fsp3) is 1.00. The second-order valence-corrected chi connectivity index (χ2v) is 3.24. The van der Waals surface area contributed by atoms with Crippen molar-refractivity contribution in [2.45, 2.75) is 53.9 Å². The number of nitrogens with one attached hydrogen (secondary N) is 1. The highest BCUT2D eigenvalue weighted by Crippen LogP contribution is 2.04. The van der Waals surface area contributed by atoms with Gasteiger partial charge in [0, 0.05) is 1.43 Å². The zero-order valence-corrected chi connectivity index (χ0v) is 9.61. The molecule has 0 saturated carbocycles. The van der Waals surface area contributed by atoms with E-state index in [1.54, 1.807) is 0 Å². The predicted octanol–water partition coefficient (Wildman–Crippen LogP) is 3.69. The van der Waals surface area contributed by atoms with E-state index < -0.39 is 0 Å². The molecule has 0 saturated heterocycles. The smallest absolute Gasteiger partial charge is 0 e. The third-order valence-corrected chi connectivity index (χ3v) is 1.64. The summed E-state index contributed by atoms with van der Waals surface area (Å²) in [4.78, 5) is 0. The van der Waals surface area contributed by atoms with Gasteiger partial charge in [0.15, 0.2) is 0 Å². The van der Waals surface area contributed by atoms with E-state index in [1.165, 1.54) is 25.8 Å². The first-order chi connectivity index (χ1) is 5.77. The van der Waals surface area contributed by atoms with E-state index in [-0.39, 0.29) is 1.43 Å². The fourth-order valence-electron chi connectivity index (χ4n) is 0.979. The van der Waals surface area contributed by atoms with Crippen LogP contribution in [0, 0.1) is 5.92 Å². The van der Waals surface area contributed by atoms with Gasteiger partial charge in [-0.05, 0) is 25.4 Å². The first-order valence-corrected chi connectivity index (χ1v) is 5.48. The molecule has 0 spiro atoms. The van der Waals surface area contributed by atoms with Gasteiger partial charge in [0.25, 0.3) is 0 Å². The summed E-state index contributed by atoms with van der Waals surface area (Å²) in [5, 5.41) is 3.32. The van der Waals surface area contributed by atoms with Crippen LogP contribution in [0.1, 0.15) is 55.3 Å². The summed E-state index contributed by atoms with van der Waals surface area (Å²) >= 11 is 0. The topological polar surface area (TPSA) is 12.0 Å². The zero-order chi connectivity index (χ0) is 9.82. The molecular weight excluding hydrogens is 146 g/mol. The van der Waals surface area contributed by atoms with Gasteiger partial charge in [0.1, 0.15) is 0 Å². The van der Waals surface area contributed by atoms with Crippen molar-refractivity contribution in [2.75, 3.05) is 13.1 Å². The predicted molar refractivity (Wildman–Crippen MR) is 60.7 cm³/mol. The summed E-state index contributed by atoms with van der Waals surface area (Å²) in [5.74, 6) is 0.877. The molecule has 0 heterocycles. The molecule has 0 bridgehead atoms. The van der Waals surface area contributed by atoms with Gasteiger partial charge in [0.2, 0.25) is 0 Å². The van der Waals surface area contributed by atoms with Gasteiger partial charge in [-0.25, -0.2) is 0 Å². The summed E-state index contributed by atoms with van der Waals surface area (Å²) < 4.78 is 0. The van der Waals surface area contributed by atoms with Crippen molar-refractivity contribution >= 4 is 0 Å². The monoisotopic (exact) mass is 175 g/mol. The lowest BCUT2D eigenvalue weighted by Gasteiger charge is -2.03. The van der Waals surface area contributed by atoms with Gasteiger partial charge >= 0.3 is 0 Å². The molecule has 1 nitrogen and oxygen atoms in total. The van der Waals surface area contributed by atoms with E-state index in [2.05, 4.69) is 26.1 Å². The Morgan fingerprint density at radius 2 is 1.75 bits per heavy atom. The molecule has 0 aliphatic carbocycles. The van der Waals surface area contributed by atoms with Crippen LogP contribution < -0.4 is 5.32 Å². The molecule has 0 aromatic carbocycles. The van der Waals surface area contributed by atoms with Gasteiger partial charge < -0.3 is 5.32 Å². The highest BCUT2D eigenvalue weighted by Gasteiger charge is 1.92. The van der Waals surface area contributed by atoms with E-state index in [9.17, 15) is 0 Å². The molecule has 0 aromatic rings. The number of rotatable bonds is 6. The summed E-state index contributed by atoms with van der Waals surface area (Å²) in [7, 11) is 0. The molecule has 1 heteroatoms. The average Bonchev–Trinajstić information content (AvgIpc) is 2.07. The Kier molecular flexibility index (Phi) is 16.3. The Bertz CT molecular complexity index is 65.1. The minimum Gasteiger partial charge on any atom is -0.317 e. The van der Waals surface area contributed by atoms with E-state index in [4.69, 9.17) is 0 Å². The zero-order valence-electron chi connectivity index (χ0n) is 9.61. The van der Waals surface area contributed by atoms with Crippen LogP contribution in [-0.4, -0.2) is 13.1 Å². The Hall–Kier alpha value is -0.0400. The van der Waals surface area contributed by atoms with Crippen molar-refractivity contribution in [1.82, 2.24) is 5.32 Å². The van der Waals surface area contributed by atoms with Gasteiger partial charge in [-0.2, -0.15) is 0 Å². The Balaban J connectivity index is -0.000000309. The largest absolute Gasteiger partial charge is 0.317 e. The molecule has 0 fully saturated rings. The van der Waals surface area contributed by atoms with Crippen molar-refractivity contribution in [3.05, 3.63) is 0 Å². The lowest BCUT2D eigenvalue weighted by Crippen LogP contribution is -2.13. The molecule has 0 atom stereocenters.